The van der Waals surface area contributed by atoms with E-state index < -0.39 is 0 Å². The molecule has 4 rings (SSSR count). The number of ketones is 1. The molecule has 30 heavy (non-hydrogen) atoms. The predicted molar refractivity (Wildman–Crippen MR) is 113 cm³/mol. The van der Waals surface area contributed by atoms with Crippen LogP contribution in [-0.4, -0.2) is 16.8 Å². The van der Waals surface area contributed by atoms with Gasteiger partial charge in [-0.05, 0) is 55.3 Å². The molecule has 0 aliphatic carbocycles. The van der Waals surface area contributed by atoms with Crippen LogP contribution >= 0.6 is 0 Å². The van der Waals surface area contributed by atoms with Crippen LogP contribution in [0.3, 0.4) is 0 Å². The van der Waals surface area contributed by atoms with Gasteiger partial charge >= 0.3 is 0 Å². The van der Waals surface area contributed by atoms with Crippen molar-refractivity contribution in [1.82, 2.24) is 0 Å². The second kappa shape index (κ2) is 8.11. The Balaban J connectivity index is 1.55. The van der Waals surface area contributed by atoms with E-state index in [0.717, 1.165) is 11.1 Å². The Morgan fingerprint density at radius 1 is 0.967 bits per heavy atom. The van der Waals surface area contributed by atoms with Gasteiger partial charge in [0, 0.05) is 17.7 Å². The van der Waals surface area contributed by atoms with Crippen molar-refractivity contribution in [3.8, 4) is 5.75 Å². The van der Waals surface area contributed by atoms with Gasteiger partial charge in [0.2, 0.25) is 5.91 Å². The van der Waals surface area contributed by atoms with Crippen LogP contribution < -0.4 is 4.90 Å². The van der Waals surface area contributed by atoms with E-state index in [-0.39, 0.29) is 41.6 Å². The number of aryl methyl sites for hydroxylation is 1. The second-order valence-electron chi connectivity index (χ2n) is 7.66. The molecule has 1 amide bonds. The molecule has 1 aliphatic rings. The van der Waals surface area contributed by atoms with E-state index in [1.807, 2.05) is 31.2 Å². The molecule has 5 heteroatoms. The minimum Gasteiger partial charge on any atom is -0.508 e. The van der Waals surface area contributed by atoms with Crippen molar-refractivity contribution < 1.29 is 19.1 Å². The molecule has 4 nitrogen and oxygen atoms in total. The average molecular weight is 403 g/mol. The third-order valence-electron chi connectivity index (χ3n) is 5.61. The quantitative estimate of drug-likeness (QED) is 0.454. The van der Waals surface area contributed by atoms with Gasteiger partial charge in [-0.3, -0.25) is 9.59 Å². The van der Waals surface area contributed by atoms with E-state index in [1.165, 1.54) is 12.1 Å². The Kier molecular flexibility index (Phi) is 5.36. The second-order valence-corrected chi connectivity index (χ2v) is 7.66. The van der Waals surface area contributed by atoms with E-state index >= 15 is 0 Å². The summed E-state index contributed by atoms with van der Waals surface area (Å²) in [6, 6.07) is 19.7. The van der Waals surface area contributed by atoms with Gasteiger partial charge in [0.15, 0.2) is 5.78 Å². The number of phenolic OH excluding ortho intramolecular Hbond substituents is 1. The average Bonchev–Trinajstić information content (AvgIpc) is 2.74. The van der Waals surface area contributed by atoms with E-state index in [1.54, 1.807) is 41.3 Å². The molecular weight excluding hydrogens is 381 g/mol. The number of anilines is 1. The molecule has 0 aromatic heterocycles. The van der Waals surface area contributed by atoms with Crippen molar-refractivity contribution in [2.45, 2.75) is 25.8 Å². The summed E-state index contributed by atoms with van der Waals surface area (Å²) < 4.78 is 13.3. The summed E-state index contributed by atoms with van der Waals surface area (Å²) in [5.41, 5.74) is 3.21. The maximum atomic E-state index is 13.3. The summed E-state index contributed by atoms with van der Waals surface area (Å²) in [6.07, 6.45) is 0.695. The zero-order chi connectivity index (χ0) is 21.3. The molecule has 3 aromatic rings. The largest absolute Gasteiger partial charge is 0.508 e. The highest BCUT2D eigenvalue weighted by molar-refractivity contribution is 6.04. The highest BCUT2D eigenvalue weighted by Crippen LogP contribution is 2.45. The van der Waals surface area contributed by atoms with Crippen LogP contribution in [0.15, 0.2) is 72.8 Å². The van der Waals surface area contributed by atoms with Gasteiger partial charge in [-0.1, -0.05) is 42.0 Å². The van der Waals surface area contributed by atoms with Gasteiger partial charge in [0.25, 0.3) is 0 Å². The molecule has 1 N–H and O–H groups in total. The van der Waals surface area contributed by atoms with Crippen LogP contribution in [-0.2, 0) is 4.79 Å². The van der Waals surface area contributed by atoms with Gasteiger partial charge in [0.05, 0.1) is 12.0 Å². The van der Waals surface area contributed by atoms with Crippen molar-refractivity contribution in [3.63, 3.8) is 0 Å². The minimum absolute atomic E-state index is 0.00693. The molecule has 3 aromatic carbocycles. The summed E-state index contributed by atoms with van der Waals surface area (Å²) in [5.74, 6) is -0.658. The lowest BCUT2D eigenvalue weighted by Crippen LogP contribution is -2.55. The number of rotatable bonds is 6. The summed E-state index contributed by atoms with van der Waals surface area (Å²) >= 11 is 0. The molecule has 1 heterocycles. The van der Waals surface area contributed by atoms with Gasteiger partial charge in [0.1, 0.15) is 11.6 Å². The van der Waals surface area contributed by atoms with Crippen LogP contribution in [0.4, 0.5) is 10.1 Å². The summed E-state index contributed by atoms with van der Waals surface area (Å²) in [7, 11) is 0. The van der Waals surface area contributed by atoms with Gasteiger partial charge in [-0.25, -0.2) is 4.39 Å². The lowest BCUT2D eigenvalue weighted by atomic mass is 9.78. The molecule has 0 radical (unpaired) electrons. The van der Waals surface area contributed by atoms with Crippen molar-refractivity contribution in [1.29, 1.82) is 0 Å². The van der Waals surface area contributed by atoms with Crippen LogP contribution in [0.1, 0.15) is 40.4 Å². The molecule has 1 saturated heterocycles. The first kappa shape index (κ1) is 19.8. The topological polar surface area (TPSA) is 57.6 Å². The van der Waals surface area contributed by atoms with Crippen molar-refractivity contribution in [2.75, 3.05) is 4.90 Å². The molecule has 0 saturated carbocycles. The van der Waals surface area contributed by atoms with Crippen molar-refractivity contribution >= 4 is 17.4 Å². The first-order valence-electron chi connectivity index (χ1n) is 9.91. The van der Waals surface area contributed by atoms with Crippen LogP contribution in [0.2, 0.25) is 0 Å². The SMILES string of the molecule is Cc1ccc(C(=O)CC[C@H]2C(=O)N(c3ccc(F)cc3)[C@@H]2c2ccc(O)cc2)cc1. The highest BCUT2D eigenvalue weighted by Gasteiger charge is 2.48. The molecule has 0 bridgehead atoms. The number of halogens is 1. The highest BCUT2D eigenvalue weighted by atomic mass is 19.1. The van der Waals surface area contributed by atoms with Crippen LogP contribution in [0.25, 0.3) is 0 Å². The van der Waals surface area contributed by atoms with Gasteiger partial charge < -0.3 is 10.0 Å². The first-order valence-corrected chi connectivity index (χ1v) is 9.91. The number of β-lactam (4-membered cyclic amide) rings is 1. The van der Waals surface area contributed by atoms with Gasteiger partial charge in [-0.2, -0.15) is 0 Å². The molecule has 1 aliphatic heterocycles. The summed E-state index contributed by atoms with van der Waals surface area (Å²) in [6.45, 7) is 1.97. The Morgan fingerprint density at radius 3 is 2.23 bits per heavy atom. The number of hydrogen-bond acceptors (Lipinski definition) is 3. The molecule has 2 atom stereocenters. The fourth-order valence-electron chi connectivity index (χ4n) is 3.94. The summed E-state index contributed by atoms with van der Waals surface area (Å²) in [4.78, 5) is 27.2. The Morgan fingerprint density at radius 2 is 1.60 bits per heavy atom. The third-order valence-corrected chi connectivity index (χ3v) is 5.61. The smallest absolute Gasteiger partial charge is 0.233 e. The molecule has 0 unspecified atom stereocenters. The standard InChI is InChI=1S/C25H22FNO3/c1-16-2-4-17(5-3-16)23(29)15-14-22-24(18-6-12-21(28)13-7-18)27(25(22)30)20-10-8-19(26)9-11-20/h2-13,22,24,28H,14-15H2,1H3/t22-,24-/m1/s1. The number of amides is 1. The molecule has 1 fully saturated rings. The Labute approximate surface area is 174 Å². The van der Waals surface area contributed by atoms with E-state index in [2.05, 4.69) is 0 Å². The minimum atomic E-state index is -0.367. The Bertz CT molecular complexity index is 1060. The number of carbonyl (C=O) groups excluding carboxylic acids is 2. The maximum absolute atomic E-state index is 13.3. The van der Waals surface area contributed by atoms with Crippen LogP contribution in [0, 0.1) is 18.7 Å². The number of aromatic hydroxyl groups is 1. The monoisotopic (exact) mass is 403 g/mol. The normalized spacial score (nSPS) is 18.2. The lowest BCUT2D eigenvalue weighted by Gasteiger charge is -2.47. The summed E-state index contributed by atoms with van der Waals surface area (Å²) in [5, 5.41) is 9.62. The molecular formula is C25H22FNO3. The third kappa shape index (κ3) is 3.83. The van der Waals surface area contributed by atoms with E-state index in [0.29, 0.717) is 17.7 Å². The fraction of sp³-hybridized carbons (Fsp3) is 0.200. The molecule has 0 spiro atoms. The fourth-order valence-corrected chi connectivity index (χ4v) is 3.94. The Hall–Kier alpha value is -3.47. The maximum Gasteiger partial charge on any atom is 0.233 e. The number of benzene rings is 3. The number of hydrogen-bond donors (Lipinski definition) is 1. The number of nitrogens with zero attached hydrogens (tertiary/aromatic N) is 1. The van der Waals surface area contributed by atoms with Crippen molar-refractivity contribution in [3.05, 3.63) is 95.3 Å². The van der Waals surface area contributed by atoms with Crippen LogP contribution in [0.5, 0.6) is 5.75 Å². The van der Waals surface area contributed by atoms with E-state index in [9.17, 15) is 19.1 Å². The zero-order valence-corrected chi connectivity index (χ0v) is 16.6. The van der Waals surface area contributed by atoms with E-state index in [4.69, 9.17) is 0 Å². The molecule has 152 valence electrons. The predicted octanol–water partition coefficient (Wildman–Crippen LogP) is 5.21. The first-order chi connectivity index (χ1) is 14.4. The number of phenols is 1. The number of Topliss-reactive ketones (excluding diaryl/α,β-unsaturated/α-hetero) is 1. The van der Waals surface area contributed by atoms with Gasteiger partial charge in [-0.15, -0.1) is 0 Å². The van der Waals surface area contributed by atoms with Crippen molar-refractivity contribution in [2.24, 2.45) is 5.92 Å². The zero-order valence-electron chi connectivity index (χ0n) is 16.6. The number of carbonyl (C=O) groups is 2. The lowest BCUT2D eigenvalue weighted by molar-refractivity contribution is -0.130.